The number of hydrogen-bond acceptors (Lipinski definition) is 11. The molecular weight excluding hydrogens is 919 g/mol. The van der Waals surface area contributed by atoms with Crippen LogP contribution in [0.25, 0.3) is 16.6 Å². The Bertz CT molecular complexity index is 3430. The van der Waals surface area contributed by atoms with Gasteiger partial charge in [0.25, 0.3) is 5.91 Å². The number of rotatable bonds is 10. The van der Waals surface area contributed by atoms with Crippen LogP contribution in [0.3, 0.4) is 0 Å². The van der Waals surface area contributed by atoms with Crippen LogP contribution in [-0.2, 0) is 20.0 Å². The first-order chi connectivity index (χ1) is 33.3. The summed E-state index contributed by atoms with van der Waals surface area (Å²) in [5.74, 6) is -1.66. The van der Waals surface area contributed by atoms with Gasteiger partial charge in [0.15, 0.2) is 11.6 Å². The molecule has 3 aromatic heterocycles. The first-order valence-electron chi connectivity index (χ1n) is 23.8. The summed E-state index contributed by atoms with van der Waals surface area (Å²) < 4.78 is 65.5. The molecule has 5 heterocycles. The molecule has 0 unspecified atom stereocenters. The van der Waals surface area contributed by atoms with Crippen LogP contribution in [0.4, 0.5) is 20.2 Å². The van der Waals surface area contributed by atoms with E-state index in [9.17, 15) is 13.8 Å². The Hall–Kier alpha value is -6.60. The summed E-state index contributed by atoms with van der Waals surface area (Å²) in [7, 11) is 0.0607. The Morgan fingerprint density at radius 3 is 2.36 bits per heavy atom. The van der Waals surface area contributed by atoms with Crippen molar-refractivity contribution in [2.75, 3.05) is 32.6 Å². The normalized spacial score (nSPS) is 23.4. The highest BCUT2D eigenvalue weighted by Crippen LogP contribution is 2.56. The van der Waals surface area contributed by atoms with Crippen LogP contribution in [0.5, 0.6) is 0 Å². The number of ether oxygens (including phenoxy) is 1. The first kappa shape index (κ1) is 47.1. The molecule has 3 fully saturated rings. The highest BCUT2D eigenvalue weighted by molar-refractivity contribution is 7.94. The van der Waals surface area contributed by atoms with Gasteiger partial charge in [-0.05, 0) is 138 Å². The number of aromatic amines is 1. The Labute approximate surface area is 403 Å². The molecule has 2 aliphatic heterocycles. The van der Waals surface area contributed by atoms with E-state index < -0.39 is 44.4 Å². The number of nitrogens with zero attached hydrogens (tertiary/aromatic N) is 7. The van der Waals surface area contributed by atoms with Crippen LogP contribution in [-0.4, -0.2) is 88.8 Å². The van der Waals surface area contributed by atoms with Gasteiger partial charge >= 0.3 is 11.4 Å². The monoisotopic (exact) mass is 976 g/mol. The molecule has 2 saturated carbocycles. The van der Waals surface area contributed by atoms with E-state index in [1.807, 2.05) is 30.5 Å². The van der Waals surface area contributed by atoms with Crippen molar-refractivity contribution < 1.29 is 27.0 Å². The second-order valence-electron chi connectivity index (χ2n) is 19.9. The number of benzene rings is 3. The van der Waals surface area contributed by atoms with Gasteiger partial charge < -0.3 is 25.3 Å². The van der Waals surface area contributed by atoms with Crippen LogP contribution in [0, 0.1) is 31.4 Å². The van der Waals surface area contributed by atoms with E-state index in [-0.39, 0.29) is 63.7 Å². The summed E-state index contributed by atoms with van der Waals surface area (Å²) in [6.45, 7) is 12.1. The number of aliphatic imine (C=N–C) groups is 1. The van der Waals surface area contributed by atoms with Gasteiger partial charge in [0, 0.05) is 73.5 Å². The van der Waals surface area contributed by atoms with Crippen molar-refractivity contribution in [2.45, 2.75) is 113 Å². The zero-order valence-corrected chi connectivity index (χ0v) is 41.4. The molecule has 19 heteroatoms. The molecule has 0 bridgehead atoms. The van der Waals surface area contributed by atoms with Crippen LogP contribution in [0.2, 0.25) is 0 Å². The van der Waals surface area contributed by atoms with Gasteiger partial charge in [-0.3, -0.25) is 23.4 Å². The third-order valence-electron chi connectivity index (χ3n) is 14.9. The van der Waals surface area contributed by atoms with Crippen molar-refractivity contribution in [1.82, 2.24) is 28.7 Å². The number of nitrogens with one attached hydrogen (secondary N) is 2. The predicted molar refractivity (Wildman–Crippen MR) is 264 cm³/mol. The lowest BCUT2D eigenvalue weighted by Crippen LogP contribution is -2.49. The molecule has 5 atom stereocenters. The van der Waals surface area contributed by atoms with Crippen molar-refractivity contribution >= 4 is 43.7 Å². The van der Waals surface area contributed by atoms with Gasteiger partial charge in [-0.1, -0.05) is 18.1 Å². The fourth-order valence-corrected chi connectivity index (χ4v) is 13.4. The minimum Gasteiger partial charge on any atom is -0.402 e. The number of anilines is 1. The van der Waals surface area contributed by atoms with Crippen LogP contribution in [0.15, 0.2) is 101 Å². The molecule has 1 amide bonds. The number of imidazole rings is 1. The van der Waals surface area contributed by atoms with Crippen molar-refractivity contribution in [3.05, 3.63) is 133 Å². The summed E-state index contributed by atoms with van der Waals surface area (Å²) in [5, 5.41) is 7.68. The number of halogens is 2. The van der Waals surface area contributed by atoms with Gasteiger partial charge in [-0.15, -0.1) is 0 Å². The van der Waals surface area contributed by atoms with E-state index in [4.69, 9.17) is 20.0 Å². The molecular formula is C51H58F2N10O6S. The van der Waals surface area contributed by atoms with E-state index in [0.29, 0.717) is 65.5 Å². The molecule has 1 saturated heterocycles. The zero-order valence-electron chi connectivity index (χ0n) is 40.6. The molecule has 70 heavy (non-hydrogen) atoms. The molecule has 4 aliphatic rings. The third-order valence-corrected chi connectivity index (χ3v) is 17.8. The molecule has 4 N–H and O–H groups in total. The first-order valence-corrected chi connectivity index (χ1v) is 25.4. The second kappa shape index (κ2) is 17.1. The van der Waals surface area contributed by atoms with Gasteiger partial charge in [0.1, 0.15) is 22.9 Å². The quantitative estimate of drug-likeness (QED) is 0.0899. The average Bonchev–Trinajstić information content (AvgIpc) is 4.15. The molecule has 2 aliphatic carbocycles. The maximum atomic E-state index is 16.7. The topological polar surface area (TPSA) is 200 Å². The smallest absolute Gasteiger partial charge is 0.402 e. The van der Waals surface area contributed by atoms with Gasteiger partial charge in [0.2, 0.25) is 0 Å². The van der Waals surface area contributed by atoms with Crippen molar-refractivity contribution in [3.8, 4) is 5.69 Å². The third kappa shape index (κ3) is 7.62. The van der Waals surface area contributed by atoms with Gasteiger partial charge in [-0.25, -0.2) is 31.9 Å². The standard InChI is InChI=1S/C51H58F2N10O6S/c1-27-21-34(22-28(2)42(27)52)57-45(62-19-18-61(49(62)66)38-13-14-40(44(55-7)43(38)53)70(67,56-8)35-10-11-35)41-30(4)60(17-15-36(41)54)46(64)39-24-33-23-31(32-16-20-68-50(5,6)26-32)9-12-37(33)63(39)51(25-29(51)3)47-58-48(65)69-59-47/h9,12-14,18-19,21-24,29-30,32,35,55H,10-11,15-17,20,25-26,54H2,1-8H3,(H,58,59,65)/t29-,30-,32-,51-,70-/m0/s1. The Balaban J connectivity index is 1.09. The van der Waals surface area contributed by atoms with Crippen LogP contribution < -0.4 is 22.5 Å². The number of H-pyrrole nitrogens is 1. The predicted octanol–water partition coefficient (Wildman–Crippen LogP) is 8.01. The molecule has 6 aromatic rings. The van der Waals surface area contributed by atoms with E-state index in [1.165, 1.54) is 37.1 Å². The van der Waals surface area contributed by atoms with E-state index in [0.717, 1.165) is 33.9 Å². The van der Waals surface area contributed by atoms with Crippen LogP contribution in [0.1, 0.15) is 105 Å². The maximum Gasteiger partial charge on any atom is 0.438 e. The summed E-state index contributed by atoms with van der Waals surface area (Å²) >= 11 is 0. The fourth-order valence-electron chi connectivity index (χ4n) is 11.0. The fraction of sp³-hybridized carbons (Fsp3) is 0.431. The number of carbonyl (C=O) groups is 1. The Morgan fingerprint density at radius 1 is 1.00 bits per heavy atom. The summed E-state index contributed by atoms with van der Waals surface area (Å²) in [4.78, 5) is 52.6. The lowest BCUT2D eigenvalue weighted by atomic mass is 9.83. The molecule has 0 radical (unpaired) electrons. The maximum absolute atomic E-state index is 16.7. The molecule has 368 valence electrons. The largest absolute Gasteiger partial charge is 0.438 e. The minimum atomic E-state index is -2.94. The molecule has 3 aromatic carbocycles. The number of nitrogens with two attached hydrogens (primary N) is 1. The summed E-state index contributed by atoms with van der Waals surface area (Å²) in [6.07, 6.45) is 6.75. The summed E-state index contributed by atoms with van der Waals surface area (Å²) in [5.41, 5.74) is 8.90. The number of fused-ring (bicyclic) bond motifs is 1. The van der Waals surface area contributed by atoms with Gasteiger partial charge in [0.05, 0.1) is 43.3 Å². The average molecular weight is 977 g/mol. The van der Waals surface area contributed by atoms with E-state index >= 15 is 13.6 Å². The van der Waals surface area contributed by atoms with E-state index in [1.54, 1.807) is 36.9 Å². The van der Waals surface area contributed by atoms with Crippen molar-refractivity contribution in [1.29, 1.82) is 0 Å². The van der Waals surface area contributed by atoms with Crippen molar-refractivity contribution in [3.63, 3.8) is 0 Å². The number of amides is 1. The second-order valence-corrected chi connectivity index (χ2v) is 22.5. The Morgan fingerprint density at radius 2 is 1.73 bits per heavy atom. The number of hydrogen-bond donors (Lipinski definition) is 3. The lowest BCUT2D eigenvalue weighted by Gasteiger charge is -2.37. The molecule has 0 spiro atoms. The Kier molecular flexibility index (Phi) is 11.5. The number of aromatic nitrogens is 5. The van der Waals surface area contributed by atoms with Crippen molar-refractivity contribution in [2.24, 2.45) is 21.0 Å². The lowest BCUT2D eigenvalue weighted by molar-refractivity contribution is -0.0592. The highest BCUT2D eigenvalue weighted by Gasteiger charge is 2.59. The molecule has 10 rings (SSSR count). The number of carbonyl (C=O) groups excluding carboxylic acids is 1. The molecule has 16 nitrogen and oxygen atoms in total. The van der Waals surface area contributed by atoms with Crippen LogP contribution >= 0.6 is 0 Å². The summed E-state index contributed by atoms with van der Waals surface area (Å²) in [6, 6.07) is 13.5. The highest BCUT2D eigenvalue weighted by atomic mass is 32.2. The zero-order chi connectivity index (χ0) is 49.8. The van der Waals surface area contributed by atoms with Gasteiger partial charge in [-0.2, -0.15) is 0 Å². The van der Waals surface area contributed by atoms with E-state index in [2.05, 4.69) is 45.8 Å². The number of aryl methyl sites for hydroxylation is 2. The SMILES string of the molecule is CN=[S@@](=O)(c1ccc(-n2ccn(C(=Nc3cc(C)c(F)c(C)c3)C3=C(N)CCN(C(=O)c4cc5cc([C@H]6CCOC(C)(C)C6)ccc5n4[C@@]4(c5noc(=O)[nH]5)C[C@@H]4C)[C@H]3C)c2=O)c(F)c1NC)C1CC1. The minimum absolute atomic E-state index is 0.0220.